The van der Waals surface area contributed by atoms with Crippen molar-refractivity contribution in [2.24, 2.45) is 0 Å². The fourth-order valence-corrected chi connectivity index (χ4v) is 2.97. The van der Waals surface area contributed by atoms with Crippen LogP contribution in [0.3, 0.4) is 0 Å². The minimum absolute atomic E-state index is 0.181. The van der Waals surface area contributed by atoms with E-state index in [9.17, 15) is 9.90 Å². The van der Waals surface area contributed by atoms with Crippen LogP contribution in [0.5, 0.6) is 0 Å². The first-order valence-electron chi connectivity index (χ1n) is 8.77. The maximum atomic E-state index is 12.4. The second-order valence-corrected chi connectivity index (χ2v) is 6.39. The van der Waals surface area contributed by atoms with E-state index in [0.717, 1.165) is 30.5 Å². The summed E-state index contributed by atoms with van der Waals surface area (Å²) in [5.41, 5.74) is 3.77. The van der Waals surface area contributed by atoms with Gasteiger partial charge in [-0.3, -0.25) is 4.79 Å². The summed E-state index contributed by atoms with van der Waals surface area (Å²) in [6.07, 6.45) is 7.91. The molecule has 1 amide bonds. The zero-order valence-corrected chi connectivity index (χ0v) is 14.5. The number of allylic oxidation sites excluding steroid dienone is 1. The Bertz CT molecular complexity index is 762. The second kappa shape index (κ2) is 8.07. The third kappa shape index (κ3) is 4.33. The number of aromatic nitrogens is 3. The van der Waals surface area contributed by atoms with E-state index in [1.807, 2.05) is 31.2 Å². The van der Waals surface area contributed by atoms with Crippen LogP contribution in [0.15, 0.2) is 35.9 Å². The summed E-state index contributed by atoms with van der Waals surface area (Å²) < 4.78 is 0. The Labute approximate surface area is 147 Å². The van der Waals surface area contributed by atoms with E-state index in [1.165, 1.54) is 23.2 Å². The van der Waals surface area contributed by atoms with Gasteiger partial charge in [-0.15, -0.1) is 10.2 Å². The highest BCUT2D eigenvalue weighted by atomic mass is 16.3. The first kappa shape index (κ1) is 17.4. The van der Waals surface area contributed by atoms with Crippen molar-refractivity contribution in [3.8, 4) is 5.69 Å². The van der Waals surface area contributed by atoms with Crippen molar-refractivity contribution >= 4 is 5.91 Å². The average Bonchev–Trinajstić information content (AvgIpc) is 3.07. The summed E-state index contributed by atoms with van der Waals surface area (Å²) >= 11 is 0. The van der Waals surface area contributed by atoms with E-state index in [1.54, 1.807) is 0 Å². The molecule has 1 aliphatic rings. The van der Waals surface area contributed by atoms with Crippen molar-refractivity contribution in [3.05, 3.63) is 52.9 Å². The van der Waals surface area contributed by atoms with Gasteiger partial charge in [0.05, 0.1) is 12.3 Å². The molecule has 0 spiro atoms. The lowest BCUT2D eigenvalue weighted by Gasteiger charge is -2.12. The Morgan fingerprint density at radius 3 is 2.72 bits per heavy atom. The zero-order valence-electron chi connectivity index (χ0n) is 14.5. The summed E-state index contributed by atoms with van der Waals surface area (Å²) in [6.45, 7) is 2.26. The molecule has 0 saturated heterocycles. The summed E-state index contributed by atoms with van der Waals surface area (Å²) in [4.78, 5) is 13.8. The average molecular weight is 340 g/mol. The molecule has 6 nitrogen and oxygen atoms in total. The molecule has 0 unspecified atom stereocenters. The first-order chi connectivity index (χ1) is 12.2. The van der Waals surface area contributed by atoms with Gasteiger partial charge in [0.1, 0.15) is 5.69 Å². The number of aliphatic hydroxyl groups excluding tert-OH is 1. The van der Waals surface area contributed by atoms with Gasteiger partial charge in [0.15, 0.2) is 5.69 Å². The van der Waals surface area contributed by atoms with Gasteiger partial charge >= 0.3 is 0 Å². The number of aryl methyl sites for hydroxylation is 1. The highest BCUT2D eigenvalue weighted by molar-refractivity contribution is 5.93. The monoisotopic (exact) mass is 340 g/mol. The fourth-order valence-electron chi connectivity index (χ4n) is 2.97. The van der Waals surface area contributed by atoms with Crippen LogP contribution in [-0.2, 0) is 6.61 Å². The van der Waals surface area contributed by atoms with Crippen molar-refractivity contribution < 1.29 is 9.90 Å². The third-order valence-electron chi connectivity index (χ3n) is 4.43. The Balaban J connectivity index is 1.67. The van der Waals surface area contributed by atoms with E-state index in [2.05, 4.69) is 21.6 Å². The smallest absolute Gasteiger partial charge is 0.273 e. The minimum Gasteiger partial charge on any atom is -0.390 e. The van der Waals surface area contributed by atoms with Gasteiger partial charge < -0.3 is 10.4 Å². The lowest BCUT2D eigenvalue weighted by atomic mass is 9.97. The Morgan fingerprint density at radius 1 is 1.24 bits per heavy atom. The van der Waals surface area contributed by atoms with Gasteiger partial charge in [0, 0.05) is 6.54 Å². The molecular weight excluding hydrogens is 316 g/mol. The zero-order chi connectivity index (χ0) is 17.6. The number of aliphatic hydroxyl groups is 1. The topological polar surface area (TPSA) is 80.0 Å². The minimum atomic E-state index is -0.320. The quantitative estimate of drug-likeness (QED) is 0.792. The molecule has 25 heavy (non-hydrogen) atoms. The summed E-state index contributed by atoms with van der Waals surface area (Å²) in [6, 6.07) is 7.67. The lowest BCUT2D eigenvalue weighted by Crippen LogP contribution is -2.26. The van der Waals surface area contributed by atoms with Crippen LogP contribution in [-0.4, -0.2) is 32.6 Å². The number of hydrogen-bond donors (Lipinski definition) is 2. The van der Waals surface area contributed by atoms with Crippen molar-refractivity contribution in [1.29, 1.82) is 0 Å². The third-order valence-corrected chi connectivity index (χ3v) is 4.43. The van der Waals surface area contributed by atoms with Crippen LogP contribution in [0.4, 0.5) is 0 Å². The number of benzene rings is 1. The molecule has 132 valence electrons. The van der Waals surface area contributed by atoms with E-state index >= 15 is 0 Å². The van der Waals surface area contributed by atoms with Crippen molar-refractivity contribution in [2.75, 3.05) is 6.54 Å². The van der Waals surface area contributed by atoms with Gasteiger partial charge in [-0.05, 0) is 51.2 Å². The Hall–Kier alpha value is -2.47. The Morgan fingerprint density at radius 2 is 2.04 bits per heavy atom. The van der Waals surface area contributed by atoms with E-state index in [-0.39, 0.29) is 23.9 Å². The van der Waals surface area contributed by atoms with Gasteiger partial charge in [-0.25, -0.2) is 0 Å². The molecule has 0 atom stereocenters. The number of carbonyl (C=O) groups excluding carboxylic acids is 1. The summed E-state index contributed by atoms with van der Waals surface area (Å²) in [7, 11) is 0. The molecule has 6 heteroatoms. The number of nitrogens with one attached hydrogen (secondary N) is 1. The standard InChI is InChI=1S/C19H24N4O2/c1-14-7-9-16(10-8-14)23-21-17(13-24)18(22-23)19(25)20-12-11-15-5-3-2-4-6-15/h5,7-10,24H,2-4,6,11-13H2,1H3,(H,20,25). The molecule has 0 saturated carbocycles. The summed E-state index contributed by atoms with van der Waals surface area (Å²) in [5, 5.41) is 20.9. The molecule has 2 aromatic rings. The highest BCUT2D eigenvalue weighted by Gasteiger charge is 2.18. The van der Waals surface area contributed by atoms with Crippen molar-refractivity contribution in [1.82, 2.24) is 20.3 Å². The number of amides is 1. The van der Waals surface area contributed by atoms with Gasteiger partial charge in [0.2, 0.25) is 0 Å². The molecule has 1 aliphatic carbocycles. The van der Waals surface area contributed by atoms with Gasteiger partial charge in [0.25, 0.3) is 5.91 Å². The first-order valence-corrected chi connectivity index (χ1v) is 8.77. The summed E-state index contributed by atoms with van der Waals surface area (Å²) in [5.74, 6) is -0.293. The maximum absolute atomic E-state index is 12.4. The number of nitrogens with zero attached hydrogens (tertiary/aromatic N) is 3. The van der Waals surface area contributed by atoms with Crippen LogP contribution < -0.4 is 5.32 Å². The van der Waals surface area contributed by atoms with Crippen LogP contribution >= 0.6 is 0 Å². The van der Waals surface area contributed by atoms with E-state index in [4.69, 9.17) is 0 Å². The van der Waals surface area contributed by atoms with Crippen molar-refractivity contribution in [3.63, 3.8) is 0 Å². The van der Waals surface area contributed by atoms with Crippen molar-refractivity contribution in [2.45, 2.75) is 45.6 Å². The van der Waals surface area contributed by atoms with E-state index in [0.29, 0.717) is 6.54 Å². The molecular formula is C19H24N4O2. The van der Waals surface area contributed by atoms with Gasteiger partial charge in [-0.2, -0.15) is 4.80 Å². The Kier molecular flexibility index (Phi) is 5.60. The van der Waals surface area contributed by atoms with Crippen LogP contribution in [0, 0.1) is 6.92 Å². The molecule has 1 heterocycles. The molecule has 0 radical (unpaired) electrons. The predicted molar refractivity (Wildman–Crippen MR) is 95.5 cm³/mol. The molecule has 3 rings (SSSR count). The highest BCUT2D eigenvalue weighted by Crippen LogP contribution is 2.19. The number of carbonyl (C=O) groups is 1. The largest absolute Gasteiger partial charge is 0.390 e. The molecule has 0 aliphatic heterocycles. The molecule has 2 N–H and O–H groups in total. The molecule has 1 aromatic heterocycles. The maximum Gasteiger partial charge on any atom is 0.273 e. The number of hydrogen-bond acceptors (Lipinski definition) is 4. The molecule has 1 aromatic carbocycles. The molecule has 0 bridgehead atoms. The SMILES string of the molecule is Cc1ccc(-n2nc(CO)c(C(=O)NCCC3=CCCCC3)n2)cc1. The van der Waals surface area contributed by atoms with Crippen LogP contribution in [0.2, 0.25) is 0 Å². The van der Waals surface area contributed by atoms with Gasteiger partial charge in [-0.1, -0.05) is 29.3 Å². The molecule has 0 fully saturated rings. The second-order valence-electron chi connectivity index (χ2n) is 6.39. The fraction of sp³-hybridized carbons (Fsp3) is 0.421. The number of rotatable bonds is 6. The van der Waals surface area contributed by atoms with E-state index < -0.39 is 0 Å². The lowest BCUT2D eigenvalue weighted by molar-refractivity contribution is 0.0945. The normalized spacial score (nSPS) is 14.2. The van der Waals surface area contributed by atoms with Crippen LogP contribution in [0.25, 0.3) is 5.69 Å². The predicted octanol–water partition coefficient (Wildman–Crippen LogP) is 2.69. The van der Waals surface area contributed by atoms with Crippen LogP contribution in [0.1, 0.15) is 53.8 Å².